The Labute approximate surface area is 154 Å². The van der Waals surface area contributed by atoms with Gasteiger partial charge in [-0.05, 0) is 38.1 Å². The maximum absolute atomic E-state index is 12.3. The average Bonchev–Trinajstić information content (AvgIpc) is 3.30. The predicted molar refractivity (Wildman–Crippen MR) is 95.6 cm³/mol. The highest BCUT2D eigenvalue weighted by atomic mass is 32.1. The van der Waals surface area contributed by atoms with Gasteiger partial charge in [-0.2, -0.15) is 0 Å². The van der Waals surface area contributed by atoms with Crippen LogP contribution in [0, 0.1) is 6.92 Å². The largest absolute Gasteiger partial charge is 0.467 e. The summed E-state index contributed by atoms with van der Waals surface area (Å²) in [5.41, 5.74) is 1.23. The smallest absolute Gasteiger partial charge is 0.350 e. The zero-order valence-corrected chi connectivity index (χ0v) is 15.1. The van der Waals surface area contributed by atoms with Crippen LogP contribution in [0.15, 0.2) is 47.2 Å². The Morgan fingerprint density at radius 3 is 2.85 bits per heavy atom. The van der Waals surface area contributed by atoms with E-state index in [1.54, 1.807) is 32.2 Å². The molecule has 3 aromatic heterocycles. The van der Waals surface area contributed by atoms with Crippen molar-refractivity contribution >= 4 is 23.2 Å². The number of pyridine rings is 1. The quantitative estimate of drug-likeness (QED) is 0.669. The normalized spacial score (nSPS) is 11.8. The molecule has 3 rings (SSSR count). The van der Waals surface area contributed by atoms with Gasteiger partial charge in [0.1, 0.15) is 15.6 Å². The fourth-order valence-electron chi connectivity index (χ4n) is 2.27. The second kappa shape index (κ2) is 7.92. The number of carbonyl (C=O) groups is 2. The molecule has 1 amide bonds. The van der Waals surface area contributed by atoms with Gasteiger partial charge >= 0.3 is 5.97 Å². The maximum atomic E-state index is 12.3. The lowest BCUT2D eigenvalue weighted by Gasteiger charge is -2.11. The van der Waals surface area contributed by atoms with Crippen LogP contribution < -0.4 is 5.32 Å². The van der Waals surface area contributed by atoms with Crippen LogP contribution in [0.1, 0.15) is 34.1 Å². The van der Waals surface area contributed by atoms with Crippen LogP contribution in [-0.4, -0.2) is 28.5 Å². The molecule has 0 aliphatic rings. The Hall–Kier alpha value is -3.00. The summed E-state index contributed by atoms with van der Waals surface area (Å²) < 4.78 is 10.3. The van der Waals surface area contributed by atoms with E-state index in [2.05, 4.69) is 15.3 Å². The van der Waals surface area contributed by atoms with Gasteiger partial charge in [-0.25, -0.2) is 9.78 Å². The van der Waals surface area contributed by atoms with Crippen molar-refractivity contribution in [1.29, 1.82) is 0 Å². The fourth-order valence-corrected chi connectivity index (χ4v) is 3.21. The molecule has 0 spiro atoms. The van der Waals surface area contributed by atoms with Crippen molar-refractivity contribution in [3.63, 3.8) is 0 Å². The first-order valence-electron chi connectivity index (χ1n) is 7.93. The van der Waals surface area contributed by atoms with E-state index in [9.17, 15) is 9.59 Å². The van der Waals surface area contributed by atoms with Crippen LogP contribution in [0.2, 0.25) is 0 Å². The number of hydrogen-bond donors (Lipinski definition) is 1. The number of carbonyl (C=O) groups excluding carboxylic acids is 2. The summed E-state index contributed by atoms with van der Waals surface area (Å²) in [5, 5.41) is 3.33. The monoisotopic (exact) mass is 371 g/mol. The Balaban J connectivity index is 1.58. The fraction of sp³-hybridized carbons (Fsp3) is 0.222. The van der Waals surface area contributed by atoms with Crippen molar-refractivity contribution in [2.24, 2.45) is 0 Å². The summed E-state index contributed by atoms with van der Waals surface area (Å²) in [6, 6.07) is 8.66. The molecule has 7 nitrogen and oxygen atoms in total. The number of thiazole rings is 1. The molecule has 1 atom stereocenters. The van der Waals surface area contributed by atoms with Crippen LogP contribution in [0.5, 0.6) is 0 Å². The van der Waals surface area contributed by atoms with Crippen LogP contribution >= 0.6 is 11.3 Å². The topological polar surface area (TPSA) is 94.3 Å². The highest BCUT2D eigenvalue weighted by Crippen LogP contribution is 2.26. The molecule has 1 N–H and O–H groups in total. The highest BCUT2D eigenvalue weighted by Gasteiger charge is 2.20. The number of ether oxygens (including phenoxy) is 1. The zero-order valence-electron chi connectivity index (χ0n) is 14.3. The van der Waals surface area contributed by atoms with E-state index in [1.165, 1.54) is 17.6 Å². The average molecular weight is 371 g/mol. The summed E-state index contributed by atoms with van der Waals surface area (Å²) in [6.07, 6.45) is 3.19. The molecule has 0 radical (unpaired) electrons. The van der Waals surface area contributed by atoms with Crippen molar-refractivity contribution in [3.8, 4) is 10.7 Å². The molecule has 0 unspecified atom stereocenters. The lowest BCUT2D eigenvalue weighted by molar-refractivity contribution is -0.125. The molecule has 0 saturated heterocycles. The van der Waals surface area contributed by atoms with Crippen LogP contribution in [0.25, 0.3) is 10.7 Å². The second-order valence-electron chi connectivity index (χ2n) is 5.53. The molecule has 3 aromatic rings. The minimum atomic E-state index is -0.581. The molecule has 0 saturated carbocycles. The van der Waals surface area contributed by atoms with Gasteiger partial charge in [-0.3, -0.25) is 9.78 Å². The van der Waals surface area contributed by atoms with E-state index >= 15 is 0 Å². The summed E-state index contributed by atoms with van der Waals surface area (Å²) >= 11 is 1.19. The molecule has 0 aliphatic carbocycles. The van der Waals surface area contributed by atoms with Gasteiger partial charge in [0.25, 0.3) is 5.91 Å². The van der Waals surface area contributed by atoms with Crippen LogP contribution in [0.3, 0.4) is 0 Å². The number of rotatable bonds is 6. The van der Waals surface area contributed by atoms with Gasteiger partial charge in [0.05, 0.1) is 23.7 Å². The van der Waals surface area contributed by atoms with Crippen LogP contribution in [0.4, 0.5) is 0 Å². The molecular formula is C18H17N3O4S. The van der Waals surface area contributed by atoms with Crippen molar-refractivity contribution in [1.82, 2.24) is 15.3 Å². The molecule has 8 heteroatoms. The molecule has 0 aromatic carbocycles. The van der Waals surface area contributed by atoms with E-state index in [-0.39, 0.29) is 12.6 Å². The Bertz CT molecular complexity index is 891. The number of aryl methyl sites for hydroxylation is 1. The Kier molecular flexibility index (Phi) is 5.43. The first kappa shape index (κ1) is 17.8. The number of esters is 1. The first-order chi connectivity index (χ1) is 12.5. The van der Waals surface area contributed by atoms with Gasteiger partial charge in [0.15, 0.2) is 6.61 Å². The van der Waals surface area contributed by atoms with Crippen molar-refractivity contribution in [3.05, 3.63) is 59.1 Å². The van der Waals surface area contributed by atoms with Gasteiger partial charge in [0.2, 0.25) is 0 Å². The van der Waals surface area contributed by atoms with E-state index in [0.29, 0.717) is 27.0 Å². The molecule has 3 heterocycles. The number of furan rings is 1. The molecule has 0 bridgehead atoms. The van der Waals surface area contributed by atoms with Gasteiger partial charge in [-0.1, -0.05) is 6.07 Å². The molecule has 26 heavy (non-hydrogen) atoms. The van der Waals surface area contributed by atoms with Crippen LogP contribution in [-0.2, 0) is 9.53 Å². The van der Waals surface area contributed by atoms with Crippen molar-refractivity contribution in [2.45, 2.75) is 19.9 Å². The number of nitrogens with one attached hydrogen (secondary N) is 1. The van der Waals surface area contributed by atoms with E-state index < -0.39 is 11.9 Å². The lowest BCUT2D eigenvalue weighted by atomic mass is 10.2. The maximum Gasteiger partial charge on any atom is 0.350 e. The number of nitrogens with zero attached hydrogens (tertiary/aromatic N) is 2. The minimum Gasteiger partial charge on any atom is -0.467 e. The summed E-state index contributed by atoms with van der Waals surface area (Å²) in [4.78, 5) is 33.1. The molecular weight excluding hydrogens is 354 g/mol. The minimum absolute atomic E-state index is 0.308. The third kappa shape index (κ3) is 4.15. The highest BCUT2D eigenvalue weighted by molar-refractivity contribution is 7.17. The summed E-state index contributed by atoms with van der Waals surface area (Å²) in [7, 11) is 0. The zero-order chi connectivity index (χ0) is 18.5. The molecule has 134 valence electrons. The number of aromatic nitrogens is 2. The van der Waals surface area contributed by atoms with Gasteiger partial charge in [-0.15, -0.1) is 11.3 Å². The molecule has 0 aliphatic heterocycles. The van der Waals surface area contributed by atoms with Gasteiger partial charge in [0, 0.05) is 6.20 Å². The Morgan fingerprint density at radius 2 is 2.15 bits per heavy atom. The van der Waals surface area contributed by atoms with Gasteiger partial charge < -0.3 is 14.5 Å². The number of hydrogen-bond acceptors (Lipinski definition) is 7. The standard InChI is InChI=1S/C18H17N3O4S/c1-11(14-7-5-9-24-14)20-15(22)10-25-18(23)16-12(2)21-17(26-16)13-6-3-4-8-19-13/h3-9,11H,10H2,1-2H3,(H,20,22)/t11-/m1/s1. The Morgan fingerprint density at radius 1 is 1.31 bits per heavy atom. The predicted octanol–water partition coefficient (Wildman–Crippen LogP) is 3.14. The summed E-state index contributed by atoms with van der Waals surface area (Å²) in [5.74, 6) is -0.361. The third-order valence-corrected chi connectivity index (χ3v) is 4.71. The molecule has 0 fully saturated rings. The third-order valence-electron chi connectivity index (χ3n) is 3.55. The van der Waals surface area contributed by atoms with E-state index in [1.807, 2.05) is 18.2 Å². The second-order valence-corrected chi connectivity index (χ2v) is 6.53. The van der Waals surface area contributed by atoms with E-state index in [0.717, 1.165) is 0 Å². The lowest BCUT2D eigenvalue weighted by Crippen LogP contribution is -2.30. The summed E-state index contributed by atoms with van der Waals surface area (Å²) in [6.45, 7) is 3.13. The van der Waals surface area contributed by atoms with Crippen molar-refractivity contribution < 1.29 is 18.7 Å². The van der Waals surface area contributed by atoms with Crippen molar-refractivity contribution in [2.75, 3.05) is 6.61 Å². The first-order valence-corrected chi connectivity index (χ1v) is 8.75. The SMILES string of the molecule is Cc1nc(-c2ccccn2)sc1C(=O)OCC(=O)N[C@H](C)c1ccco1. The van der Waals surface area contributed by atoms with E-state index in [4.69, 9.17) is 9.15 Å². The number of amides is 1.